The lowest BCUT2D eigenvalue weighted by atomic mass is 9.94. The monoisotopic (exact) mass is 390 g/mol. The summed E-state index contributed by atoms with van der Waals surface area (Å²) in [6.45, 7) is 4.11. The quantitative estimate of drug-likeness (QED) is 0.576. The van der Waals surface area contributed by atoms with Gasteiger partial charge in [-0.25, -0.2) is 0 Å². The van der Waals surface area contributed by atoms with Gasteiger partial charge in [0.05, 0.1) is 11.4 Å². The van der Waals surface area contributed by atoms with E-state index in [1.165, 1.54) is 0 Å². The van der Waals surface area contributed by atoms with Crippen LogP contribution in [0.5, 0.6) is 5.75 Å². The van der Waals surface area contributed by atoms with E-state index in [4.69, 9.17) is 5.73 Å². The van der Waals surface area contributed by atoms with Gasteiger partial charge in [0.15, 0.2) is 0 Å². The fourth-order valence-corrected chi connectivity index (χ4v) is 4.91. The van der Waals surface area contributed by atoms with Crippen molar-refractivity contribution in [3.63, 3.8) is 0 Å². The van der Waals surface area contributed by atoms with Gasteiger partial charge >= 0.3 is 0 Å². The minimum atomic E-state index is -0.0776. The van der Waals surface area contributed by atoms with E-state index in [0.717, 1.165) is 50.8 Å². The Labute approximate surface area is 169 Å². The lowest BCUT2D eigenvalue weighted by Crippen LogP contribution is -2.29. The van der Waals surface area contributed by atoms with Crippen LogP contribution < -0.4 is 10.6 Å². The van der Waals surface area contributed by atoms with Gasteiger partial charge in [0, 0.05) is 21.0 Å². The second-order valence-electron chi connectivity index (χ2n) is 6.73. The molecule has 1 aliphatic heterocycles. The maximum absolute atomic E-state index is 13.8. The minimum Gasteiger partial charge on any atom is -0.508 e. The third-order valence-corrected chi connectivity index (χ3v) is 6.23. The first-order chi connectivity index (χ1) is 13.5. The van der Waals surface area contributed by atoms with Crippen molar-refractivity contribution < 1.29 is 9.90 Å². The number of nitrogen functional groups attached to an aromatic ring is 1. The van der Waals surface area contributed by atoms with E-state index in [-0.39, 0.29) is 11.7 Å². The van der Waals surface area contributed by atoms with Crippen LogP contribution in [0, 0.1) is 0 Å². The molecule has 0 aromatic heterocycles. The Morgan fingerprint density at radius 2 is 1.68 bits per heavy atom. The van der Waals surface area contributed by atoms with Gasteiger partial charge in [0.1, 0.15) is 5.75 Å². The van der Waals surface area contributed by atoms with Crippen LogP contribution in [-0.2, 0) is 12.8 Å². The van der Waals surface area contributed by atoms with Crippen molar-refractivity contribution in [2.45, 2.75) is 36.5 Å². The largest absolute Gasteiger partial charge is 0.508 e. The van der Waals surface area contributed by atoms with Crippen molar-refractivity contribution in [3.8, 4) is 5.75 Å². The Hall–Kier alpha value is -2.92. The molecule has 0 fully saturated rings. The van der Waals surface area contributed by atoms with Crippen LogP contribution in [0.15, 0.2) is 64.4 Å². The molecule has 1 heterocycles. The van der Waals surface area contributed by atoms with Crippen molar-refractivity contribution >= 4 is 34.7 Å². The highest BCUT2D eigenvalue weighted by Gasteiger charge is 2.30. The molecule has 0 saturated carbocycles. The third-order valence-electron chi connectivity index (χ3n) is 5.12. The summed E-state index contributed by atoms with van der Waals surface area (Å²) in [4.78, 5) is 17.4. The fraction of sp³-hybridized carbons (Fsp3) is 0.174. The van der Waals surface area contributed by atoms with Crippen LogP contribution in [0.4, 0.5) is 17.1 Å². The summed E-state index contributed by atoms with van der Waals surface area (Å²) in [5.74, 6) is 0.110. The number of hydrogen-bond donors (Lipinski definition) is 2. The highest BCUT2D eigenvalue weighted by Crippen LogP contribution is 2.49. The number of hydrogen-bond acceptors (Lipinski definition) is 4. The number of aromatic hydroxyl groups is 1. The van der Waals surface area contributed by atoms with Gasteiger partial charge in [0.2, 0.25) is 0 Å². The number of carbonyl (C=O) groups is 1. The second kappa shape index (κ2) is 7.24. The number of fused-ring (bicyclic) bond motifs is 2. The summed E-state index contributed by atoms with van der Waals surface area (Å²) >= 11 is 1.56. The predicted molar refractivity (Wildman–Crippen MR) is 115 cm³/mol. The lowest BCUT2D eigenvalue weighted by molar-refractivity contribution is 0.0997. The first kappa shape index (κ1) is 18.4. The second-order valence-corrected chi connectivity index (χ2v) is 7.81. The maximum Gasteiger partial charge on any atom is 0.263 e. The van der Waals surface area contributed by atoms with Gasteiger partial charge in [-0.3, -0.25) is 9.69 Å². The summed E-state index contributed by atoms with van der Waals surface area (Å²) in [5.41, 5.74) is 11.3. The zero-order valence-corrected chi connectivity index (χ0v) is 16.7. The van der Waals surface area contributed by atoms with E-state index in [1.807, 2.05) is 36.4 Å². The standard InChI is InChI=1S/C23H22N2O2S/c1-3-15-16(4-2)18(24)11-10-17(15)23(27)25-19-7-5-6-8-21(19)28-22-13-14(26)9-12-20(22)25/h5-13,26H,3-4,24H2,1-2H3. The first-order valence-corrected chi connectivity index (χ1v) is 10.2. The molecule has 4 nitrogen and oxygen atoms in total. The van der Waals surface area contributed by atoms with Crippen molar-refractivity contribution in [2.75, 3.05) is 10.6 Å². The highest BCUT2D eigenvalue weighted by atomic mass is 32.2. The number of anilines is 3. The SMILES string of the molecule is CCc1c(N)ccc(C(=O)N2c3ccccc3Sc3cc(O)ccc32)c1CC. The van der Waals surface area contributed by atoms with Crippen LogP contribution >= 0.6 is 11.8 Å². The number of benzene rings is 3. The third kappa shape index (κ3) is 2.92. The zero-order chi connectivity index (χ0) is 19.8. The van der Waals surface area contributed by atoms with Crippen LogP contribution in [0.1, 0.15) is 35.3 Å². The van der Waals surface area contributed by atoms with Gasteiger partial charge in [-0.15, -0.1) is 0 Å². The van der Waals surface area contributed by atoms with Crippen molar-refractivity contribution in [2.24, 2.45) is 0 Å². The van der Waals surface area contributed by atoms with E-state index in [1.54, 1.807) is 34.9 Å². The molecular weight excluding hydrogens is 368 g/mol. The normalized spacial score (nSPS) is 12.4. The highest BCUT2D eigenvalue weighted by molar-refractivity contribution is 7.99. The summed E-state index contributed by atoms with van der Waals surface area (Å²) in [7, 11) is 0. The van der Waals surface area contributed by atoms with Gasteiger partial charge < -0.3 is 10.8 Å². The molecule has 0 aliphatic carbocycles. The topological polar surface area (TPSA) is 66.6 Å². The molecule has 3 N–H and O–H groups in total. The Morgan fingerprint density at radius 1 is 0.964 bits per heavy atom. The van der Waals surface area contributed by atoms with E-state index >= 15 is 0 Å². The molecule has 0 bridgehead atoms. The van der Waals surface area contributed by atoms with Crippen molar-refractivity contribution in [1.29, 1.82) is 0 Å². The molecule has 1 amide bonds. The van der Waals surface area contributed by atoms with E-state index in [9.17, 15) is 9.90 Å². The van der Waals surface area contributed by atoms with Crippen molar-refractivity contribution in [3.05, 3.63) is 71.3 Å². The van der Waals surface area contributed by atoms with Crippen LogP contribution in [0.25, 0.3) is 0 Å². The molecule has 0 unspecified atom stereocenters. The molecule has 0 spiro atoms. The van der Waals surface area contributed by atoms with E-state index in [0.29, 0.717) is 5.56 Å². The summed E-state index contributed by atoms with van der Waals surface area (Å²) in [6.07, 6.45) is 1.52. The minimum absolute atomic E-state index is 0.0776. The maximum atomic E-state index is 13.8. The lowest BCUT2D eigenvalue weighted by Gasteiger charge is -2.32. The van der Waals surface area contributed by atoms with Crippen LogP contribution in [0.2, 0.25) is 0 Å². The fourth-order valence-electron chi connectivity index (χ4n) is 3.82. The van der Waals surface area contributed by atoms with Crippen molar-refractivity contribution in [1.82, 2.24) is 0 Å². The number of nitrogens with two attached hydrogens (primary N) is 1. The number of para-hydroxylation sites is 1. The van der Waals surface area contributed by atoms with Gasteiger partial charge in [-0.05, 0) is 66.4 Å². The summed E-state index contributed by atoms with van der Waals surface area (Å²) < 4.78 is 0. The first-order valence-electron chi connectivity index (χ1n) is 9.39. The number of phenols is 1. The Balaban J connectivity index is 1.92. The summed E-state index contributed by atoms with van der Waals surface area (Å²) in [5, 5.41) is 9.93. The molecule has 1 aliphatic rings. The van der Waals surface area contributed by atoms with Gasteiger partial charge in [-0.1, -0.05) is 37.7 Å². The van der Waals surface area contributed by atoms with Crippen LogP contribution in [-0.4, -0.2) is 11.0 Å². The average Bonchev–Trinajstić information content (AvgIpc) is 2.71. The number of nitrogens with zero attached hydrogens (tertiary/aromatic N) is 1. The Morgan fingerprint density at radius 3 is 2.43 bits per heavy atom. The molecule has 3 aromatic carbocycles. The molecule has 4 rings (SSSR count). The molecule has 0 radical (unpaired) electrons. The number of carbonyl (C=O) groups excluding carboxylic acids is 1. The molecule has 5 heteroatoms. The molecule has 0 saturated heterocycles. The number of amides is 1. The predicted octanol–water partition coefficient (Wildman–Crippen LogP) is 5.54. The number of phenolic OH excluding ortho intramolecular Hbond substituents is 1. The molecule has 0 atom stereocenters. The average molecular weight is 391 g/mol. The zero-order valence-electron chi connectivity index (χ0n) is 15.9. The molecule has 3 aromatic rings. The van der Waals surface area contributed by atoms with E-state index < -0.39 is 0 Å². The molecule has 142 valence electrons. The van der Waals surface area contributed by atoms with Crippen LogP contribution in [0.3, 0.4) is 0 Å². The number of rotatable bonds is 3. The Bertz CT molecular complexity index is 1080. The van der Waals surface area contributed by atoms with Gasteiger partial charge in [0.25, 0.3) is 5.91 Å². The van der Waals surface area contributed by atoms with E-state index in [2.05, 4.69) is 13.8 Å². The smallest absolute Gasteiger partial charge is 0.263 e. The summed E-state index contributed by atoms with van der Waals surface area (Å²) in [6, 6.07) is 16.6. The molecule has 28 heavy (non-hydrogen) atoms. The van der Waals surface area contributed by atoms with Gasteiger partial charge in [-0.2, -0.15) is 0 Å². The Kier molecular flexibility index (Phi) is 4.77. The molecular formula is C23H22N2O2S.